The van der Waals surface area contributed by atoms with E-state index in [0.717, 1.165) is 16.6 Å². The number of Topliss-reactive ketones (excluding diaryl/α,β-unsaturated/α-hetero) is 1. The van der Waals surface area contributed by atoms with Gasteiger partial charge in [0.05, 0.1) is 11.2 Å². The molecule has 4 nitrogen and oxygen atoms in total. The van der Waals surface area contributed by atoms with Crippen molar-refractivity contribution in [2.45, 2.75) is 6.42 Å². The van der Waals surface area contributed by atoms with Gasteiger partial charge in [0.25, 0.3) is 0 Å². The molecule has 1 aliphatic heterocycles. The van der Waals surface area contributed by atoms with Gasteiger partial charge in [0.15, 0.2) is 5.78 Å². The van der Waals surface area contributed by atoms with Crippen LogP contribution in [0.4, 0.5) is 11.4 Å². The maximum atomic E-state index is 11.8. The number of hydrogen-bond acceptors (Lipinski definition) is 4. The highest BCUT2D eigenvalue weighted by molar-refractivity contribution is 6.15. The summed E-state index contributed by atoms with van der Waals surface area (Å²) in [6.07, 6.45) is 3.80. The Hall–Kier alpha value is -2.23. The number of carbonyl (C=O) groups excluding carboxylic acids is 1. The number of anilines is 1. The summed E-state index contributed by atoms with van der Waals surface area (Å²) < 4.78 is 0. The van der Waals surface area contributed by atoms with E-state index in [1.54, 1.807) is 12.4 Å². The quantitative estimate of drug-likeness (QED) is 0.768. The SMILES string of the molecule is CN(C)c1ccnc2c3c(ccc12)C(=O)CC=N3. The van der Waals surface area contributed by atoms with Gasteiger partial charge in [-0.15, -0.1) is 0 Å². The first-order chi connectivity index (χ1) is 8.68. The van der Waals surface area contributed by atoms with Crippen molar-refractivity contribution in [2.75, 3.05) is 19.0 Å². The molecule has 90 valence electrons. The van der Waals surface area contributed by atoms with Crippen LogP contribution in [0.15, 0.2) is 29.4 Å². The number of carbonyl (C=O) groups is 1. The lowest BCUT2D eigenvalue weighted by Crippen LogP contribution is -2.10. The first kappa shape index (κ1) is 10.9. The summed E-state index contributed by atoms with van der Waals surface area (Å²) in [5, 5.41) is 1.02. The Balaban J connectivity index is 2.38. The third-order valence-corrected chi connectivity index (χ3v) is 3.14. The zero-order chi connectivity index (χ0) is 12.7. The molecule has 3 rings (SSSR count). The van der Waals surface area contributed by atoms with Crippen molar-refractivity contribution < 1.29 is 4.79 Å². The van der Waals surface area contributed by atoms with E-state index in [1.165, 1.54) is 0 Å². The van der Waals surface area contributed by atoms with E-state index in [1.807, 2.05) is 37.2 Å². The molecule has 1 aromatic carbocycles. The second-order valence-corrected chi connectivity index (χ2v) is 4.52. The number of aliphatic imine (C=N–C) groups is 1. The van der Waals surface area contributed by atoms with Crippen LogP contribution in [0.1, 0.15) is 16.8 Å². The third-order valence-electron chi connectivity index (χ3n) is 3.14. The minimum atomic E-state index is 0.110. The lowest BCUT2D eigenvalue weighted by molar-refractivity contribution is 0.100. The second kappa shape index (κ2) is 3.91. The van der Waals surface area contributed by atoms with Gasteiger partial charge in [-0.05, 0) is 18.2 Å². The molecule has 0 atom stereocenters. The van der Waals surface area contributed by atoms with Gasteiger partial charge in [0.1, 0.15) is 0 Å². The van der Waals surface area contributed by atoms with E-state index < -0.39 is 0 Å². The van der Waals surface area contributed by atoms with Crippen LogP contribution >= 0.6 is 0 Å². The average Bonchev–Trinajstić information content (AvgIpc) is 2.38. The minimum absolute atomic E-state index is 0.110. The Morgan fingerprint density at radius 2 is 2.06 bits per heavy atom. The number of hydrogen-bond donors (Lipinski definition) is 0. The molecule has 2 heterocycles. The molecule has 0 amide bonds. The van der Waals surface area contributed by atoms with Crippen LogP contribution in [0.2, 0.25) is 0 Å². The van der Waals surface area contributed by atoms with Gasteiger partial charge in [0.2, 0.25) is 0 Å². The van der Waals surface area contributed by atoms with Crippen molar-refractivity contribution in [2.24, 2.45) is 4.99 Å². The maximum absolute atomic E-state index is 11.8. The summed E-state index contributed by atoms with van der Waals surface area (Å²) in [5.41, 5.74) is 3.25. The topological polar surface area (TPSA) is 45.6 Å². The summed E-state index contributed by atoms with van der Waals surface area (Å²) >= 11 is 0. The van der Waals surface area contributed by atoms with Crippen LogP contribution in [-0.4, -0.2) is 31.1 Å². The molecular weight excluding hydrogens is 226 g/mol. The van der Waals surface area contributed by atoms with Crippen molar-refractivity contribution >= 4 is 34.3 Å². The van der Waals surface area contributed by atoms with Crippen LogP contribution in [0, 0.1) is 0 Å². The highest BCUT2D eigenvalue weighted by Gasteiger charge is 2.18. The summed E-state index contributed by atoms with van der Waals surface area (Å²) in [4.78, 5) is 22.6. The van der Waals surface area contributed by atoms with E-state index >= 15 is 0 Å². The van der Waals surface area contributed by atoms with E-state index in [9.17, 15) is 4.79 Å². The number of fused-ring (bicyclic) bond motifs is 3. The maximum Gasteiger partial charge on any atom is 0.170 e. The van der Waals surface area contributed by atoms with E-state index in [-0.39, 0.29) is 5.78 Å². The Morgan fingerprint density at radius 3 is 2.83 bits per heavy atom. The summed E-state index contributed by atoms with van der Waals surface area (Å²) in [5.74, 6) is 0.110. The van der Waals surface area contributed by atoms with Crippen molar-refractivity contribution in [3.63, 3.8) is 0 Å². The number of benzene rings is 1. The lowest BCUT2D eigenvalue weighted by atomic mass is 10.0. The van der Waals surface area contributed by atoms with Crippen molar-refractivity contribution in [3.05, 3.63) is 30.0 Å². The number of pyridine rings is 1. The molecule has 1 aromatic heterocycles. The first-order valence-corrected chi connectivity index (χ1v) is 5.83. The molecule has 2 aromatic rings. The minimum Gasteiger partial charge on any atom is -0.377 e. The van der Waals surface area contributed by atoms with Gasteiger partial charge in [-0.3, -0.25) is 14.8 Å². The van der Waals surface area contributed by atoms with Gasteiger partial charge in [-0.25, -0.2) is 0 Å². The zero-order valence-electron chi connectivity index (χ0n) is 10.3. The lowest BCUT2D eigenvalue weighted by Gasteiger charge is -2.17. The smallest absolute Gasteiger partial charge is 0.170 e. The Labute approximate surface area is 105 Å². The van der Waals surface area contributed by atoms with Crippen molar-refractivity contribution in [1.82, 2.24) is 4.98 Å². The van der Waals surface area contributed by atoms with Gasteiger partial charge in [-0.2, -0.15) is 0 Å². The molecule has 0 fully saturated rings. The predicted octanol–water partition coefficient (Wildman–Crippen LogP) is 2.59. The third kappa shape index (κ3) is 1.49. The molecule has 0 saturated heterocycles. The molecule has 0 N–H and O–H groups in total. The average molecular weight is 239 g/mol. The highest BCUT2D eigenvalue weighted by atomic mass is 16.1. The van der Waals surface area contributed by atoms with Crippen LogP contribution in [0.3, 0.4) is 0 Å². The number of nitrogens with zero attached hydrogens (tertiary/aromatic N) is 3. The molecule has 0 radical (unpaired) electrons. The fourth-order valence-corrected chi connectivity index (χ4v) is 2.26. The number of aromatic nitrogens is 1. The van der Waals surface area contributed by atoms with Crippen LogP contribution in [0.5, 0.6) is 0 Å². The molecular formula is C14H13N3O. The molecule has 0 aliphatic carbocycles. The highest BCUT2D eigenvalue weighted by Crippen LogP contribution is 2.35. The fraction of sp³-hybridized carbons (Fsp3) is 0.214. The van der Waals surface area contributed by atoms with E-state index in [2.05, 4.69) is 9.98 Å². The Bertz CT molecular complexity index is 674. The van der Waals surface area contributed by atoms with Gasteiger partial charge in [0, 0.05) is 49.6 Å². The normalized spacial score (nSPS) is 13.8. The summed E-state index contributed by atoms with van der Waals surface area (Å²) in [7, 11) is 3.98. The summed E-state index contributed by atoms with van der Waals surface area (Å²) in [6.45, 7) is 0. The second-order valence-electron chi connectivity index (χ2n) is 4.52. The van der Waals surface area contributed by atoms with Gasteiger partial charge in [-0.1, -0.05) is 0 Å². The molecule has 4 heteroatoms. The molecule has 0 saturated carbocycles. The Morgan fingerprint density at radius 1 is 1.22 bits per heavy atom. The van der Waals surface area contributed by atoms with E-state index in [4.69, 9.17) is 0 Å². The van der Waals surface area contributed by atoms with Crippen molar-refractivity contribution in [1.29, 1.82) is 0 Å². The predicted molar refractivity (Wildman–Crippen MR) is 73.2 cm³/mol. The van der Waals surface area contributed by atoms with Crippen LogP contribution < -0.4 is 4.90 Å². The number of rotatable bonds is 1. The van der Waals surface area contributed by atoms with E-state index in [0.29, 0.717) is 17.7 Å². The monoisotopic (exact) mass is 239 g/mol. The standard InChI is InChI=1S/C14H13N3O/c1-17(2)11-5-7-15-13-9(11)3-4-10-12(18)6-8-16-14(10)13/h3-5,7-8H,6H2,1-2H3. The van der Waals surface area contributed by atoms with Crippen molar-refractivity contribution in [3.8, 4) is 0 Å². The summed E-state index contributed by atoms with van der Waals surface area (Å²) in [6, 6.07) is 5.77. The largest absolute Gasteiger partial charge is 0.377 e. The molecule has 0 unspecified atom stereocenters. The van der Waals surface area contributed by atoms with Crippen LogP contribution in [-0.2, 0) is 0 Å². The zero-order valence-corrected chi connectivity index (χ0v) is 10.3. The van der Waals surface area contributed by atoms with Gasteiger partial charge < -0.3 is 4.90 Å². The Kier molecular flexibility index (Phi) is 2.37. The molecule has 18 heavy (non-hydrogen) atoms. The fourth-order valence-electron chi connectivity index (χ4n) is 2.26. The molecule has 1 aliphatic rings. The number of ketones is 1. The first-order valence-electron chi connectivity index (χ1n) is 5.83. The molecule has 0 bridgehead atoms. The molecule has 0 spiro atoms. The van der Waals surface area contributed by atoms with Crippen LogP contribution in [0.25, 0.3) is 10.9 Å². The van der Waals surface area contributed by atoms with Gasteiger partial charge >= 0.3 is 0 Å².